The van der Waals surface area contributed by atoms with Crippen molar-refractivity contribution in [3.63, 3.8) is 0 Å². The van der Waals surface area contributed by atoms with Gasteiger partial charge in [-0.3, -0.25) is 0 Å². The minimum absolute atomic E-state index is 0.283. The fourth-order valence-electron chi connectivity index (χ4n) is 1.93. The van der Waals surface area contributed by atoms with E-state index < -0.39 is 5.82 Å². The average Bonchev–Trinajstić information content (AvgIpc) is 2.90. The number of aromatic nitrogens is 4. The van der Waals surface area contributed by atoms with Crippen LogP contribution in [0.2, 0.25) is 10.0 Å². The van der Waals surface area contributed by atoms with Gasteiger partial charge >= 0.3 is 0 Å². The molecule has 0 unspecified atom stereocenters. The Labute approximate surface area is 129 Å². The van der Waals surface area contributed by atoms with Crippen molar-refractivity contribution in [2.45, 2.75) is 0 Å². The molecule has 3 aromatic rings. The number of benzene rings is 2. The van der Waals surface area contributed by atoms with Crippen LogP contribution in [0.1, 0.15) is 0 Å². The monoisotopic (exact) mass is 323 g/mol. The van der Waals surface area contributed by atoms with Crippen LogP contribution in [0.5, 0.6) is 0 Å². The highest BCUT2D eigenvalue weighted by Gasteiger charge is 2.18. The SMILES string of the molecule is Nc1cccc(Cl)c1-c1nnnn1-c1cc(F)ccc1Cl. The molecule has 5 nitrogen and oxygen atoms in total. The maximum absolute atomic E-state index is 13.4. The molecule has 21 heavy (non-hydrogen) atoms. The van der Waals surface area contributed by atoms with Gasteiger partial charge in [-0.25, -0.2) is 4.39 Å². The molecule has 0 aliphatic carbocycles. The Bertz CT molecular complexity index is 798. The highest BCUT2D eigenvalue weighted by atomic mass is 35.5. The Morgan fingerprint density at radius 1 is 1.10 bits per heavy atom. The molecule has 0 bridgehead atoms. The zero-order valence-corrected chi connectivity index (χ0v) is 12.0. The van der Waals surface area contributed by atoms with E-state index in [0.717, 1.165) is 0 Å². The summed E-state index contributed by atoms with van der Waals surface area (Å²) in [6, 6.07) is 8.96. The van der Waals surface area contributed by atoms with E-state index in [9.17, 15) is 4.39 Å². The van der Waals surface area contributed by atoms with Gasteiger partial charge in [-0.1, -0.05) is 29.3 Å². The van der Waals surface area contributed by atoms with Gasteiger partial charge in [0, 0.05) is 11.8 Å². The van der Waals surface area contributed by atoms with E-state index in [1.54, 1.807) is 18.2 Å². The maximum atomic E-state index is 13.4. The summed E-state index contributed by atoms with van der Waals surface area (Å²) in [4.78, 5) is 0. The number of anilines is 1. The van der Waals surface area contributed by atoms with E-state index >= 15 is 0 Å². The molecule has 1 heterocycles. The number of hydrogen-bond acceptors (Lipinski definition) is 4. The first-order valence-corrected chi connectivity index (χ1v) is 6.61. The zero-order valence-electron chi connectivity index (χ0n) is 10.5. The topological polar surface area (TPSA) is 69.6 Å². The summed E-state index contributed by atoms with van der Waals surface area (Å²) in [6.07, 6.45) is 0. The van der Waals surface area contributed by atoms with Gasteiger partial charge in [0.2, 0.25) is 0 Å². The largest absolute Gasteiger partial charge is 0.398 e. The molecule has 1 aromatic heterocycles. The number of hydrogen-bond donors (Lipinski definition) is 1. The zero-order chi connectivity index (χ0) is 15.0. The Hall–Kier alpha value is -2.18. The molecule has 0 radical (unpaired) electrons. The second-order valence-corrected chi connectivity index (χ2v) is 5.03. The Balaban J connectivity index is 2.25. The molecule has 8 heteroatoms. The minimum atomic E-state index is -0.456. The fraction of sp³-hybridized carbons (Fsp3) is 0. The van der Waals surface area contributed by atoms with Gasteiger partial charge in [-0.05, 0) is 34.7 Å². The summed E-state index contributed by atoms with van der Waals surface area (Å²) >= 11 is 12.2. The van der Waals surface area contributed by atoms with Crippen LogP contribution in [0.4, 0.5) is 10.1 Å². The smallest absolute Gasteiger partial charge is 0.190 e. The van der Waals surface area contributed by atoms with E-state index in [-0.39, 0.29) is 5.82 Å². The van der Waals surface area contributed by atoms with Crippen LogP contribution in [0, 0.1) is 5.82 Å². The van der Waals surface area contributed by atoms with Gasteiger partial charge in [-0.2, -0.15) is 4.68 Å². The van der Waals surface area contributed by atoms with Crippen LogP contribution >= 0.6 is 23.2 Å². The third kappa shape index (κ3) is 2.43. The molecule has 0 amide bonds. The van der Waals surface area contributed by atoms with Crippen molar-refractivity contribution >= 4 is 28.9 Å². The molecular formula is C13H8Cl2FN5. The van der Waals surface area contributed by atoms with Crippen molar-refractivity contribution in [2.75, 3.05) is 5.73 Å². The molecular weight excluding hydrogens is 316 g/mol. The summed E-state index contributed by atoms with van der Waals surface area (Å²) in [6.45, 7) is 0. The quantitative estimate of drug-likeness (QED) is 0.734. The van der Waals surface area contributed by atoms with Crippen molar-refractivity contribution in [2.24, 2.45) is 0 Å². The van der Waals surface area contributed by atoms with Gasteiger partial charge in [0.05, 0.1) is 21.3 Å². The molecule has 0 aliphatic heterocycles. The summed E-state index contributed by atoms with van der Waals surface area (Å²) in [5, 5.41) is 12.0. The first kappa shape index (κ1) is 13.8. The van der Waals surface area contributed by atoms with Crippen LogP contribution in [0.25, 0.3) is 17.1 Å². The minimum Gasteiger partial charge on any atom is -0.398 e. The van der Waals surface area contributed by atoms with Crippen molar-refractivity contribution in [3.05, 3.63) is 52.3 Å². The van der Waals surface area contributed by atoms with Gasteiger partial charge < -0.3 is 5.73 Å². The number of halogens is 3. The molecule has 106 valence electrons. The predicted octanol–water partition coefficient (Wildman–Crippen LogP) is 3.36. The molecule has 0 saturated heterocycles. The van der Waals surface area contributed by atoms with Crippen LogP contribution in [-0.2, 0) is 0 Å². The van der Waals surface area contributed by atoms with Crippen molar-refractivity contribution in [3.8, 4) is 17.1 Å². The molecule has 2 aromatic carbocycles. The number of rotatable bonds is 2. The number of nitrogen functional groups attached to an aromatic ring is 1. The van der Waals surface area contributed by atoms with E-state index in [2.05, 4.69) is 15.5 Å². The van der Waals surface area contributed by atoms with E-state index in [0.29, 0.717) is 27.0 Å². The summed E-state index contributed by atoms with van der Waals surface area (Å²) in [5.41, 5.74) is 7.10. The highest BCUT2D eigenvalue weighted by Crippen LogP contribution is 2.33. The van der Waals surface area contributed by atoms with Crippen LogP contribution in [-0.4, -0.2) is 20.2 Å². The van der Waals surface area contributed by atoms with Gasteiger partial charge in [0.25, 0.3) is 0 Å². The second kappa shape index (κ2) is 5.31. The summed E-state index contributed by atoms with van der Waals surface area (Å²) in [5.74, 6) is -0.173. The molecule has 3 rings (SSSR count). The highest BCUT2D eigenvalue weighted by molar-refractivity contribution is 6.34. The Kier molecular flexibility index (Phi) is 3.48. The predicted molar refractivity (Wildman–Crippen MR) is 79.0 cm³/mol. The van der Waals surface area contributed by atoms with E-state index in [4.69, 9.17) is 28.9 Å². The third-order valence-electron chi connectivity index (χ3n) is 2.88. The fourth-order valence-corrected chi connectivity index (χ4v) is 2.39. The van der Waals surface area contributed by atoms with Crippen LogP contribution in [0.3, 0.4) is 0 Å². The summed E-state index contributed by atoms with van der Waals surface area (Å²) < 4.78 is 14.7. The van der Waals surface area contributed by atoms with Crippen LogP contribution < -0.4 is 5.73 Å². The average molecular weight is 324 g/mol. The molecule has 2 N–H and O–H groups in total. The van der Waals surface area contributed by atoms with Crippen molar-refractivity contribution in [1.29, 1.82) is 0 Å². The lowest BCUT2D eigenvalue weighted by Crippen LogP contribution is -2.03. The lowest BCUT2D eigenvalue weighted by Gasteiger charge is -2.09. The Morgan fingerprint density at radius 3 is 2.67 bits per heavy atom. The standard InChI is InChI=1S/C13H8Cl2FN5/c14-8-5-4-7(16)6-11(8)21-13(18-19-20-21)12-9(15)2-1-3-10(12)17/h1-6H,17H2. The van der Waals surface area contributed by atoms with Crippen molar-refractivity contribution < 1.29 is 4.39 Å². The van der Waals surface area contributed by atoms with E-state index in [1.165, 1.54) is 22.9 Å². The molecule has 0 saturated carbocycles. The Morgan fingerprint density at radius 2 is 1.90 bits per heavy atom. The first-order valence-electron chi connectivity index (χ1n) is 5.86. The lowest BCUT2D eigenvalue weighted by molar-refractivity contribution is 0.625. The molecule has 0 fully saturated rings. The van der Waals surface area contributed by atoms with E-state index in [1.807, 2.05) is 0 Å². The summed E-state index contributed by atoms with van der Waals surface area (Å²) in [7, 11) is 0. The molecule has 0 aliphatic rings. The molecule has 0 atom stereocenters. The second-order valence-electron chi connectivity index (χ2n) is 4.21. The molecule has 0 spiro atoms. The lowest BCUT2D eigenvalue weighted by atomic mass is 10.1. The van der Waals surface area contributed by atoms with Gasteiger partial charge in [-0.15, -0.1) is 5.10 Å². The number of nitrogens with two attached hydrogens (primary N) is 1. The van der Waals surface area contributed by atoms with Crippen molar-refractivity contribution in [1.82, 2.24) is 20.2 Å². The first-order chi connectivity index (χ1) is 10.1. The van der Waals surface area contributed by atoms with Gasteiger partial charge in [0.1, 0.15) is 5.82 Å². The number of tetrazole rings is 1. The number of nitrogens with zero attached hydrogens (tertiary/aromatic N) is 4. The van der Waals surface area contributed by atoms with Crippen LogP contribution in [0.15, 0.2) is 36.4 Å². The normalized spacial score (nSPS) is 10.8. The third-order valence-corrected chi connectivity index (χ3v) is 3.51. The van der Waals surface area contributed by atoms with Gasteiger partial charge in [0.15, 0.2) is 5.82 Å². The maximum Gasteiger partial charge on any atom is 0.190 e.